The fourth-order valence-electron chi connectivity index (χ4n) is 2.46. The molecule has 0 aromatic heterocycles. The lowest BCUT2D eigenvalue weighted by molar-refractivity contribution is 0.399. The quantitative estimate of drug-likeness (QED) is 0.815. The van der Waals surface area contributed by atoms with Crippen LogP contribution in [0.5, 0.6) is 0 Å². The lowest BCUT2D eigenvalue weighted by Crippen LogP contribution is -2.20. The molecule has 98 valence electrons. The SMILES string of the molecule is Cc1ccc(NCC2CCN(C)C2)c(C(N)=S)c1. The van der Waals surface area contributed by atoms with Gasteiger partial charge in [0, 0.05) is 24.3 Å². The number of thiocarbonyl (C=S) groups is 1. The first-order chi connectivity index (χ1) is 8.56. The van der Waals surface area contributed by atoms with Gasteiger partial charge in [0.25, 0.3) is 0 Å². The summed E-state index contributed by atoms with van der Waals surface area (Å²) < 4.78 is 0. The molecule has 3 N–H and O–H groups in total. The maximum Gasteiger partial charge on any atom is 0.106 e. The summed E-state index contributed by atoms with van der Waals surface area (Å²) in [7, 11) is 2.17. The van der Waals surface area contributed by atoms with Gasteiger partial charge < -0.3 is 16.0 Å². The Morgan fingerprint density at radius 3 is 2.94 bits per heavy atom. The second-order valence-electron chi connectivity index (χ2n) is 5.21. The summed E-state index contributed by atoms with van der Waals surface area (Å²) in [5.41, 5.74) is 8.97. The predicted molar refractivity (Wildman–Crippen MR) is 81.2 cm³/mol. The average Bonchev–Trinajstić information content (AvgIpc) is 2.73. The van der Waals surface area contributed by atoms with Crippen LogP contribution in [0.2, 0.25) is 0 Å². The fraction of sp³-hybridized carbons (Fsp3) is 0.500. The molecule has 0 radical (unpaired) electrons. The second-order valence-corrected chi connectivity index (χ2v) is 5.65. The zero-order valence-corrected chi connectivity index (χ0v) is 11.9. The number of likely N-dealkylation sites (tertiary alicyclic amines) is 1. The van der Waals surface area contributed by atoms with E-state index in [9.17, 15) is 0 Å². The molecule has 1 atom stereocenters. The lowest BCUT2D eigenvalue weighted by Gasteiger charge is -2.15. The van der Waals surface area contributed by atoms with E-state index in [1.54, 1.807) is 0 Å². The van der Waals surface area contributed by atoms with E-state index < -0.39 is 0 Å². The first-order valence-corrected chi connectivity index (χ1v) is 6.80. The Labute approximate surface area is 114 Å². The van der Waals surface area contributed by atoms with Crippen LogP contribution in [0.4, 0.5) is 5.69 Å². The average molecular weight is 263 g/mol. The molecule has 4 heteroatoms. The largest absolute Gasteiger partial charge is 0.389 e. The van der Waals surface area contributed by atoms with Crippen LogP contribution in [0.15, 0.2) is 18.2 Å². The zero-order chi connectivity index (χ0) is 13.1. The Balaban J connectivity index is 2.02. The van der Waals surface area contributed by atoms with Crippen molar-refractivity contribution >= 4 is 22.9 Å². The van der Waals surface area contributed by atoms with E-state index >= 15 is 0 Å². The van der Waals surface area contributed by atoms with Gasteiger partial charge in [-0.1, -0.05) is 23.8 Å². The van der Waals surface area contributed by atoms with Gasteiger partial charge in [0.05, 0.1) is 0 Å². The van der Waals surface area contributed by atoms with Crippen LogP contribution >= 0.6 is 12.2 Å². The highest BCUT2D eigenvalue weighted by atomic mass is 32.1. The molecule has 1 aliphatic heterocycles. The molecule has 0 amide bonds. The first kappa shape index (κ1) is 13.3. The van der Waals surface area contributed by atoms with Crippen LogP contribution in [0.3, 0.4) is 0 Å². The van der Waals surface area contributed by atoms with Crippen molar-refractivity contribution in [2.24, 2.45) is 11.7 Å². The van der Waals surface area contributed by atoms with Crippen LogP contribution in [0.25, 0.3) is 0 Å². The Bertz CT molecular complexity index is 445. The molecular formula is C14H21N3S. The molecule has 2 rings (SSSR count). The highest BCUT2D eigenvalue weighted by molar-refractivity contribution is 7.80. The maximum atomic E-state index is 5.77. The van der Waals surface area contributed by atoms with E-state index in [0.717, 1.165) is 23.7 Å². The summed E-state index contributed by atoms with van der Waals surface area (Å²) in [6, 6.07) is 6.21. The fourth-order valence-corrected chi connectivity index (χ4v) is 2.63. The van der Waals surface area contributed by atoms with E-state index in [-0.39, 0.29) is 0 Å². The van der Waals surface area contributed by atoms with E-state index in [2.05, 4.69) is 36.3 Å². The van der Waals surface area contributed by atoms with E-state index in [4.69, 9.17) is 18.0 Å². The number of aryl methyl sites for hydroxylation is 1. The van der Waals surface area contributed by atoms with Crippen molar-refractivity contribution in [1.29, 1.82) is 0 Å². The van der Waals surface area contributed by atoms with Crippen molar-refractivity contribution in [3.8, 4) is 0 Å². The molecule has 1 unspecified atom stereocenters. The van der Waals surface area contributed by atoms with Crippen LogP contribution < -0.4 is 11.1 Å². The lowest BCUT2D eigenvalue weighted by atomic mass is 10.1. The Morgan fingerprint density at radius 2 is 2.33 bits per heavy atom. The first-order valence-electron chi connectivity index (χ1n) is 6.39. The highest BCUT2D eigenvalue weighted by Gasteiger charge is 2.19. The summed E-state index contributed by atoms with van der Waals surface area (Å²) >= 11 is 5.11. The molecule has 1 fully saturated rings. The molecule has 0 saturated carbocycles. The molecule has 3 nitrogen and oxygen atoms in total. The molecule has 1 aliphatic rings. The summed E-state index contributed by atoms with van der Waals surface area (Å²) in [6.45, 7) is 5.41. The summed E-state index contributed by atoms with van der Waals surface area (Å²) in [5.74, 6) is 0.718. The van der Waals surface area contributed by atoms with Crippen molar-refractivity contribution < 1.29 is 0 Å². The molecule has 0 aliphatic carbocycles. The Hall–Kier alpha value is -1.13. The van der Waals surface area contributed by atoms with Crippen molar-refractivity contribution in [3.63, 3.8) is 0 Å². The topological polar surface area (TPSA) is 41.3 Å². The highest BCUT2D eigenvalue weighted by Crippen LogP contribution is 2.20. The van der Waals surface area contributed by atoms with Crippen molar-refractivity contribution in [2.45, 2.75) is 13.3 Å². The van der Waals surface area contributed by atoms with E-state index in [0.29, 0.717) is 4.99 Å². The third kappa shape index (κ3) is 3.21. The van der Waals surface area contributed by atoms with Gasteiger partial charge >= 0.3 is 0 Å². The number of hydrogen-bond donors (Lipinski definition) is 2. The van der Waals surface area contributed by atoms with Crippen LogP contribution in [0.1, 0.15) is 17.5 Å². The standard InChI is InChI=1S/C14H21N3S/c1-10-3-4-13(12(7-10)14(15)18)16-8-11-5-6-17(2)9-11/h3-4,7,11,16H,5-6,8-9H2,1-2H3,(H2,15,18). The minimum Gasteiger partial charge on any atom is -0.389 e. The van der Waals surface area contributed by atoms with Gasteiger partial charge in [0.1, 0.15) is 4.99 Å². The molecule has 1 aromatic carbocycles. The van der Waals surface area contributed by atoms with Gasteiger partial charge in [0.15, 0.2) is 0 Å². The van der Waals surface area contributed by atoms with Crippen molar-refractivity contribution in [2.75, 3.05) is 32.0 Å². The van der Waals surface area contributed by atoms with Gasteiger partial charge in [-0.25, -0.2) is 0 Å². The van der Waals surface area contributed by atoms with Gasteiger partial charge in [-0.3, -0.25) is 0 Å². The number of nitrogens with zero attached hydrogens (tertiary/aromatic N) is 1. The number of nitrogens with two attached hydrogens (primary N) is 1. The van der Waals surface area contributed by atoms with Gasteiger partial charge in [-0.15, -0.1) is 0 Å². The normalized spacial score (nSPS) is 20.0. The number of nitrogens with one attached hydrogen (secondary N) is 1. The molecule has 1 saturated heterocycles. The van der Waals surface area contributed by atoms with Gasteiger partial charge in [-0.05, 0) is 45.0 Å². The van der Waals surface area contributed by atoms with Gasteiger partial charge in [-0.2, -0.15) is 0 Å². The number of benzene rings is 1. The molecule has 18 heavy (non-hydrogen) atoms. The predicted octanol–water partition coefficient (Wildman–Crippen LogP) is 1.99. The molecule has 0 spiro atoms. The van der Waals surface area contributed by atoms with E-state index in [1.807, 2.05) is 6.07 Å². The summed E-state index contributed by atoms with van der Waals surface area (Å²) in [6.07, 6.45) is 1.26. The van der Waals surface area contributed by atoms with Crippen molar-refractivity contribution in [3.05, 3.63) is 29.3 Å². The van der Waals surface area contributed by atoms with Crippen LogP contribution in [0, 0.1) is 12.8 Å². The minimum absolute atomic E-state index is 0.463. The summed E-state index contributed by atoms with van der Waals surface area (Å²) in [4.78, 5) is 2.83. The maximum absolute atomic E-state index is 5.77. The Morgan fingerprint density at radius 1 is 1.56 bits per heavy atom. The molecule has 1 heterocycles. The Kier molecular flexibility index (Phi) is 4.19. The number of anilines is 1. The van der Waals surface area contributed by atoms with Crippen LogP contribution in [-0.4, -0.2) is 36.6 Å². The van der Waals surface area contributed by atoms with Crippen LogP contribution in [-0.2, 0) is 0 Å². The van der Waals surface area contributed by atoms with E-state index in [1.165, 1.54) is 25.1 Å². The smallest absolute Gasteiger partial charge is 0.106 e. The number of rotatable bonds is 4. The zero-order valence-electron chi connectivity index (χ0n) is 11.1. The number of hydrogen-bond acceptors (Lipinski definition) is 3. The van der Waals surface area contributed by atoms with Gasteiger partial charge in [0.2, 0.25) is 0 Å². The third-order valence-corrected chi connectivity index (χ3v) is 3.73. The monoisotopic (exact) mass is 263 g/mol. The minimum atomic E-state index is 0.463. The molecule has 0 bridgehead atoms. The molecular weight excluding hydrogens is 242 g/mol. The van der Waals surface area contributed by atoms with Crippen molar-refractivity contribution in [1.82, 2.24) is 4.90 Å². The second kappa shape index (κ2) is 5.67. The summed E-state index contributed by atoms with van der Waals surface area (Å²) in [5, 5.41) is 3.49. The molecule has 1 aromatic rings. The third-order valence-electron chi connectivity index (χ3n) is 3.51.